The number of aromatic nitrogens is 1. The van der Waals surface area contributed by atoms with Crippen LogP contribution >= 0.6 is 0 Å². The number of piperazine rings is 1. The van der Waals surface area contributed by atoms with Gasteiger partial charge in [0.1, 0.15) is 0 Å². The third-order valence-electron chi connectivity index (χ3n) is 3.50. The Morgan fingerprint density at radius 1 is 1.05 bits per heavy atom. The van der Waals surface area contributed by atoms with E-state index in [0.717, 1.165) is 43.0 Å². The van der Waals surface area contributed by atoms with Crippen LogP contribution in [0.15, 0.2) is 48.7 Å². The number of carbonyl (C=O) groups is 1. The second-order valence-corrected chi connectivity index (χ2v) is 4.83. The van der Waals surface area contributed by atoms with Gasteiger partial charge in [0.2, 0.25) is 0 Å². The standard InChI is InChI=1S/C16H17N3O/c20-16(19-11-9-17-10-12-19)14-6-4-13(5-7-14)15-3-1-2-8-18-15/h1-8,17H,9-12H2. The van der Waals surface area contributed by atoms with Gasteiger partial charge in [-0.25, -0.2) is 0 Å². The molecular formula is C16H17N3O. The first kappa shape index (κ1) is 12.8. The van der Waals surface area contributed by atoms with Crippen LogP contribution in [0.3, 0.4) is 0 Å². The Balaban J connectivity index is 1.77. The highest BCUT2D eigenvalue weighted by Gasteiger charge is 2.17. The number of nitrogens with one attached hydrogen (secondary N) is 1. The van der Waals surface area contributed by atoms with Gasteiger partial charge in [-0.2, -0.15) is 0 Å². The summed E-state index contributed by atoms with van der Waals surface area (Å²) in [5, 5.41) is 3.25. The number of pyridine rings is 1. The summed E-state index contributed by atoms with van der Waals surface area (Å²) in [7, 11) is 0. The lowest BCUT2D eigenvalue weighted by Gasteiger charge is -2.27. The van der Waals surface area contributed by atoms with Crippen molar-refractivity contribution in [2.75, 3.05) is 26.2 Å². The molecule has 0 atom stereocenters. The van der Waals surface area contributed by atoms with Crippen molar-refractivity contribution in [3.8, 4) is 11.3 Å². The number of rotatable bonds is 2. The maximum absolute atomic E-state index is 12.3. The Morgan fingerprint density at radius 2 is 1.80 bits per heavy atom. The predicted molar refractivity (Wildman–Crippen MR) is 78.4 cm³/mol. The predicted octanol–water partition coefficient (Wildman–Crippen LogP) is 1.79. The fraction of sp³-hybridized carbons (Fsp3) is 0.250. The van der Waals surface area contributed by atoms with Crippen molar-refractivity contribution >= 4 is 5.91 Å². The Kier molecular flexibility index (Phi) is 3.74. The normalized spacial score (nSPS) is 15.1. The van der Waals surface area contributed by atoms with Gasteiger partial charge in [-0.3, -0.25) is 9.78 Å². The van der Waals surface area contributed by atoms with Crippen molar-refractivity contribution < 1.29 is 4.79 Å². The molecule has 1 fully saturated rings. The molecule has 0 bridgehead atoms. The van der Waals surface area contributed by atoms with Gasteiger partial charge in [0.15, 0.2) is 0 Å². The number of nitrogens with zero attached hydrogens (tertiary/aromatic N) is 2. The molecule has 1 aromatic carbocycles. The van der Waals surface area contributed by atoms with Crippen LogP contribution < -0.4 is 5.32 Å². The average molecular weight is 267 g/mol. The van der Waals surface area contributed by atoms with E-state index < -0.39 is 0 Å². The van der Waals surface area contributed by atoms with E-state index >= 15 is 0 Å². The highest BCUT2D eigenvalue weighted by Crippen LogP contribution is 2.17. The lowest BCUT2D eigenvalue weighted by atomic mass is 10.1. The molecule has 1 N–H and O–H groups in total. The van der Waals surface area contributed by atoms with Crippen LogP contribution in [0.2, 0.25) is 0 Å². The maximum Gasteiger partial charge on any atom is 0.253 e. The van der Waals surface area contributed by atoms with E-state index in [2.05, 4.69) is 10.3 Å². The van der Waals surface area contributed by atoms with E-state index in [1.807, 2.05) is 47.4 Å². The third kappa shape index (κ3) is 2.70. The molecule has 1 saturated heterocycles. The molecule has 0 saturated carbocycles. The van der Waals surface area contributed by atoms with E-state index in [1.54, 1.807) is 6.20 Å². The van der Waals surface area contributed by atoms with Crippen LogP contribution in [0, 0.1) is 0 Å². The molecular weight excluding hydrogens is 250 g/mol. The third-order valence-corrected chi connectivity index (χ3v) is 3.50. The van der Waals surface area contributed by atoms with Crippen molar-refractivity contribution in [2.45, 2.75) is 0 Å². The van der Waals surface area contributed by atoms with Gasteiger partial charge in [-0.15, -0.1) is 0 Å². The molecule has 2 heterocycles. The van der Waals surface area contributed by atoms with Gasteiger partial charge < -0.3 is 10.2 Å². The minimum Gasteiger partial charge on any atom is -0.336 e. The molecule has 1 aromatic heterocycles. The Morgan fingerprint density at radius 3 is 2.45 bits per heavy atom. The first-order valence-corrected chi connectivity index (χ1v) is 6.86. The van der Waals surface area contributed by atoms with Gasteiger partial charge in [0.05, 0.1) is 5.69 Å². The lowest BCUT2D eigenvalue weighted by Crippen LogP contribution is -2.46. The number of hydrogen-bond acceptors (Lipinski definition) is 3. The summed E-state index contributed by atoms with van der Waals surface area (Å²) in [6.45, 7) is 3.30. The summed E-state index contributed by atoms with van der Waals surface area (Å²) in [5.41, 5.74) is 2.70. The zero-order valence-corrected chi connectivity index (χ0v) is 11.2. The Bertz CT molecular complexity index is 574. The van der Waals surface area contributed by atoms with E-state index in [9.17, 15) is 4.79 Å². The summed E-state index contributed by atoms with van der Waals surface area (Å²) < 4.78 is 0. The molecule has 0 spiro atoms. The summed E-state index contributed by atoms with van der Waals surface area (Å²) in [6, 6.07) is 13.5. The van der Waals surface area contributed by atoms with E-state index in [1.165, 1.54) is 0 Å². The summed E-state index contributed by atoms with van der Waals surface area (Å²) in [6.07, 6.45) is 1.77. The average Bonchev–Trinajstić information content (AvgIpc) is 2.56. The highest BCUT2D eigenvalue weighted by atomic mass is 16.2. The molecule has 4 heteroatoms. The smallest absolute Gasteiger partial charge is 0.253 e. The largest absolute Gasteiger partial charge is 0.336 e. The molecule has 20 heavy (non-hydrogen) atoms. The quantitative estimate of drug-likeness (QED) is 0.902. The van der Waals surface area contributed by atoms with E-state index in [4.69, 9.17) is 0 Å². The molecule has 2 aromatic rings. The van der Waals surface area contributed by atoms with Gasteiger partial charge >= 0.3 is 0 Å². The zero-order chi connectivity index (χ0) is 13.8. The molecule has 3 rings (SSSR count). The second kappa shape index (κ2) is 5.84. The van der Waals surface area contributed by atoms with Crippen molar-refractivity contribution in [3.63, 3.8) is 0 Å². The van der Waals surface area contributed by atoms with E-state index in [0.29, 0.717) is 0 Å². The van der Waals surface area contributed by atoms with Crippen LogP contribution in [0.5, 0.6) is 0 Å². The van der Waals surface area contributed by atoms with Crippen LogP contribution in [0.25, 0.3) is 11.3 Å². The summed E-state index contributed by atoms with van der Waals surface area (Å²) in [4.78, 5) is 18.5. The molecule has 1 amide bonds. The van der Waals surface area contributed by atoms with Crippen molar-refractivity contribution in [2.24, 2.45) is 0 Å². The highest BCUT2D eigenvalue weighted by molar-refractivity contribution is 5.94. The topological polar surface area (TPSA) is 45.2 Å². The monoisotopic (exact) mass is 267 g/mol. The molecule has 102 valence electrons. The molecule has 1 aliphatic heterocycles. The van der Waals surface area contributed by atoms with Crippen molar-refractivity contribution in [3.05, 3.63) is 54.2 Å². The minimum absolute atomic E-state index is 0.110. The van der Waals surface area contributed by atoms with Crippen molar-refractivity contribution in [1.82, 2.24) is 15.2 Å². The second-order valence-electron chi connectivity index (χ2n) is 4.83. The zero-order valence-electron chi connectivity index (χ0n) is 11.2. The van der Waals surface area contributed by atoms with Gasteiger partial charge in [0.25, 0.3) is 5.91 Å². The molecule has 0 unspecified atom stereocenters. The lowest BCUT2D eigenvalue weighted by molar-refractivity contribution is 0.0736. The van der Waals surface area contributed by atoms with Gasteiger partial charge in [-0.1, -0.05) is 18.2 Å². The number of hydrogen-bond donors (Lipinski definition) is 1. The number of amides is 1. The Labute approximate surface area is 118 Å². The Hall–Kier alpha value is -2.20. The first-order chi connectivity index (χ1) is 9.84. The van der Waals surface area contributed by atoms with Crippen LogP contribution in [0.1, 0.15) is 10.4 Å². The SMILES string of the molecule is O=C(c1ccc(-c2ccccn2)cc1)N1CCNCC1. The number of carbonyl (C=O) groups excluding carboxylic acids is 1. The summed E-state index contributed by atoms with van der Waals surface area (Å²) in [5.74, 6) is 0.110. The first-order valence-electron chi connectivity index (χ1n) is 6.86. The fourth-order valence-corrected chi connectivity index (χ4v) is 2.37. The molecule has 0 radical (unpaired) electrons. The molecule has 4 nitrogen and oxygen atoms in total. The maximum atomic E-state index is 12.3. The molecule has 1 aliphatic rings. The van der Waals surface area contributed by atoms with Crippen molar-refractivity contribution in [1.29, 1.82) is 0 Å². The van der Waals surface area contributed by atoms with Crippen LogP contribution in [-0.4, -0.2) is 42.0 Å². The fourth-order valence-electron chi connectivity index (χ4n) is 2.37. The van der Waals surface area contributed by atoms with Crippen LogP contribution in [-0.2, 0) is 0 Å². The minimum atomic E-state index is 0.110. The van der Waals surface area contributed by atoms with E-state index in [-0.39, 0.29) is 5.91 Å². The number of benzene rings is 1. The van der Waals surface area contributed by atoms with Gasteiger partial charge in [0, 0.05) is 43.5 Å². The molecule has 0 aliphatic carbocycles. The summed E-state index contributed by atoms with van der Waals surface area (Å²) >= 11 is 0. The van der Waals surface area contributed by atoms with Crippen LogP contribution in [0.4, 0.5) is 0 Å². The van der Waals surface area contributed by atoms with Gasteiger partial charge in [-0.05, 0) is 24.3 Å².